The van der Waals surface area contributed by atoms with Crippen molar-refractivity contribution in [2.24, 2.45) is 0 Å². The molecule has 2 heterocycles. The third-order valence-corrected chi connectivity index (χ3v) is 2.10. The summed E-state index contributed by atoms with van der Waals surface area (Å²) in [5.74, 6) is -1.79. The zero-order valence-corrected chi connectivity index (χ0v) is 9.27. The van der Waals surface area contributed by atoms with Crippen LogP contribution in [0, 0.1) is 10.1 Å². The Morgan fingerprint density at radius 2 is 2.22 bits per heavy atom. The summed E-state index contributed by atoms with van der Waals surface area (Å²) in [6.07, 6.45) is 1.04. The summed E-state index contributed by atoms with van der Waals surface area (Å²) in [5, 5.41) is 22.7. The molecule has 9 nitrogen and oxygen atoms in total. The van der Waals surface area contributed by atoms with Crippen molar-refractivity contribution >= 4 is 23.5 Å². The number of nitrogens with zero attached hydrogens (tertiary/aromatic N) is 5. The van der Waals surface area contributed by atoms with E-state index in [-0.39, 0.29) is 16.5 Å². The molecule has 2 aromatic rings. The average Bonchev–Trinajstić information content (AvgIpc) is 2.77. The molecule has 0 saturated carbocycles. The number of carboxylic acids is 1. The van der Waals surface area contributed by atoms with Gasteiger partial charge in [0.15, 0.2) is 5.82 Å². The highest BCUT2D eigenvalue weighted by molar-refractivity contribution is 6.29. The van der Waals surface area contributed by atoms with Crippen LogP contribution in [0.2, 0.25) is 5.15 Å². The Balaban J connectivity index is 2.49. The van der Waals surface area contributed by atoms with E-state index in [4.69, 9.17) is 16.7 Å². The molecule has 0 spiro atoms. The number of carboxylic acid groups (broad SMARTS) is 1. The average molecular weight is 270 g/mol. The highest BCUT2D eigenvalue weighted by Gasteiger charge is 2.17. The SMILES string of the molecule is O=C(O)c1cc(Cl)nc(-n2cnc([N+](=O)[O-])n2)c1. The fourth-order valence-electron chi connectivity index (χ4n) is 1.17. The van der Waals surface area contributed by atoms with Crippen molar-refractivity contribution < 1.29 is 14.8 Å². The zero-order valence-electron chi connectivity index (χ0n) is 8.52. The van der Waals surface area contributed by atoms with Crippen LogP contribution < -0.4 is 0 Å². The lowest BCUT2D eigenvalue weighted by molar-refractivity contribution is -0.394. The summed E-state index contributed by atoms with van der Waals surface area (Å²) in [6.45, 7) is 0. The Hall–Kier alpha value is -2.55. The second kappa shape index (κ2) is 4.37. The van der Waals surface area contributed by atoms with Gasteiger partial charge in [0.25, 0.3) is 0 Å². The van der Waals surface area contributed by atoms with E-state index in [1.807, 2.05) is 0 Å². The second-order valence-electron chi connectivity index (χ2n) is 3.09. The number of rotatable bonds is 3. The van der Waals surface area contributed by atoms with Crippen LogP contribution in [0.5, 0.6) is 0 Å². The van der Waals surface area contributed by atoms with Gasteiger partial charge in [-0.1, -0.05) is 16.6 Å². The minimum absolute atomic E-state index is 0.0282. The Bertz CT molecular complexity index is 640. The van der Waals surface area contributed by atoms with Crippen molar-refractivity contribution in [3.05, 3.63) is 39.3 Å². The van der Waals surface area contributed by atoms with Crippen molar-refractivity contribution in [3.63, 3.8) is 0 Å². The van der Waals surface area contributed by atoms with Gasteiger partial charge in [0.1, 0.15) is 5.15 Å². The predicted molar refractivity (Wildman–Crippen MR) is 57.8 cm³/mol. The molecule has 92 valence electrons. The summed E-state index contributed by atoms with van der Waals surface area (Å²) < 4.78 is 0.969. The molecule has 0 aromatic carbocycles. The summed E-state index contributed by atoms with van der Waals surface area (Å²) in [7, 11) is 0. The Labute approximate surface area is 104 Å². The standard InChI is InChI=1S/C8H4ClN5O4/c9-5-1-4(7(15)16)2-6(11-5)13-3-10-8(12-13)14(17)18/h1-3H,(H,15,16). The fraction of sp³-hybridized carbons (Fsp3) is 0. The molecular formula is C8H4ClN5O4. The van der Waals surface area contributed by atoms with E-state index >= 15 is 0 Å². The van der Waals surface area contributed by atoms with Crippen molar-refractivity contribution in [2.45, 2.75) is 0 Å². The van der Waals surface area contributed by atoms with Crippen LogP contribution in [0.1, 0.15) is 10.4 Å². The van der Waals surface area contributed by atoms with E-state index in [0.717, 1.165) is 17.1 Å². The molecule has 18 heavy (non-hydrogen) atoms. The maximum absolute atomic E-state index is 10.8. The van der Waals surface area contributed by atoms with Gasteiger partial charge >= 0.3 is 11.9 Å². The molecule has 0 saturated heterocycles. The first-order valence-corrected chi connectivity index (χ1v) is 4.82. The molecule has 0 aliphatic heterocycles. The monoisotopic (exact) mass is 269 g/mol. The van der Waals surface area contributed by atoms with E-state index in [9.17, 15) is 14.9 Å². The lowest BCUT2D eigenvalue weighted by Crippen LogP contribution is -2.04. The molecule has 0 atom stereocenters. The lowest BCUT2D eigenvalue weighted by atomic mass is 10.2. The van der Waals surface area contributed by atoms with Crippen LogP contribution in [0.15, 0.2) is 18.5 Å². The van der Waals surface area contributed by atoms with Gasteiger partial charge in [-0.2, -0.15) is 0 Å². The maximum Gasteiger partial charge on any atom is 0.491 e. The van der Waals surface area contributed by atoms with E-state index in [0.29, 0.717) is 0 Å². The molecule has 10 heteroatoms. The number of nitro groups is 1. The normalized spacial score (nSPS) is 10.3. The lowest BCUT2D eigenvalue weighted by Gasteiger charge is -1.99. The largest absolute Gasteiger partial charge is 0.491 e. The molecule has 0 bridgehead atoms. The minimum Gasteiger partial charge on any atom is -0.478 e. The number of hydrogen-bond acceptors (Lipinski definition) is 6. The molecular weight excluding hydrogens is 266 g/mol. The maximum atomic E-state index is 10.8. The fourth-order valence-corrected chi connectivity index (χ4v) is 1.38. The van der Waals surface area contributed by atoms with Crippen molar-refractivity contribution in [1.82, 2.24) is 19.7 Å². The van der Waals surface area contributed by atoms with Gasteiger partial charge < -0.3 is 15.2 Å². The molecule has 2 rings (SSSR count). The van der Waals surface area contributed by atoms with Gasteiger partial charge in [0, 0.05) is 5.10 Å². The van der Waals surface area contributed by atoms with Crippen LogP contribution in [0.25, 0.3) is 5.82 Å². The van der Waals surface area contributed by atoms with Crippen molar-refractivity contribution in [3.8, 4) is 5.82 Å². The molecule has 2 aromatic heterocycles. The van der Waals surface area contributed by atoms with Crippen LogP contribution in [0.3, 0.4) is 0 Å². The first-order chi connectivity index (χ1) is 8.47. The Kier molecular flexibility index (Phi) is 2.90. The second-order valence-corrected chi connectivity index (χ2v) is 3.48. The highest BCUT2D eigenvalue weighted by Crippen LogP contribution is 2.14. The van der Waals surface area contributed by atoms with Crippen LogP contribution in [-0.4, -0.2) is 35.7 Å². The number of carbonyl (C=O) groups is 1. The number of halogens is 1. The van der Waals surface area contributed by atoms with Crippen LogP contribution >= 0.6 is 11.6 Å². The summed E-state index contributed by atoms with van der Waals surface area (Å²) in [4.78, 5) is 27.7. The quantitative estimate of drug-likeness (QED) is 0.499. The van der Waals surface area contributed by atoms with Crippen molar-refractivity contribution in [2.75, 3.05) is 0 Å². The first kappa shape index (κ1) is 11.9. The smallest absolute Gasteiger partial charge is 0.478 e. The third-order valence-electron chi connectivity index (χ3n) is 1.91. The van der Waals surface area contributed by atoms with Gasteiger partial charge in [-0.25, -0.2) is 9.78 Å². The minimum atomic E-state index is -1.20. The molecule has 1 N–H and O–H groups in total. The van der Waals surface area contributed by atoms with Gasteiger partial charge in [-0.05, 0) is 17.1 Å². The topological polar surface area (TPSA) is 124 Å². The third kappa shape index (κ3) is 2.25. The molecule has 0 aliphatic carbocycles. The number of pyridine rings is 1. The number of aromatic nitrogens is 4. The molecule has 0 fully saturated rings. The molecule has 0 unspecified atom stereocenters. The summed E-state index contributed by atoms with van der Waals surface area (Å²) in [5.41, 5.74) is -0.108. The molecule has 0 aliphatic rings. The highest BCUT2D eigenvalue weighted by atomic mass is 35.5. The van der Waals surface area contributed by atoms with E-state index in [1.54, 1.807) is 0 Å². The number of aromatic carboxylic acids is 1. The van der Waals surface area contributed by atoms with Gasteiger partial charge in [0.05, 0.1) is 5.56 Å². The molecule has 0 amide bonds. The van der Waals surface area contributed by atoms with E-state index in [1.165, 1.54) is 6.07 Å². The summed E-state index contributed by atoms with van der Waals surface area (Å²) in [6, 6.07) is 2.32. The molecule has 0 radical (unpaired) electrons. The summed E-state index contributed by atoms with van der Waals surface area (Å²) >= 11 is 5.64. The first-order valence-electron chi connectivity index (χ1n) is 4.44. The van der Waals surface area contributed by atoms with E-state index in [2.05, 4.69) is 15.1 Å². The zero-order chi connectivity index (χ0) is 13.3. The van der Waals surface area contributed by atoms with Gasteiger partial charge in [-0.15, -0.1) is 4.68 Å². The van der Waals surface area contributed by atoms with Crippen LogP contribution in [-0.2, 0) is 0 Å². The van der Waals surface area contributed by atoms with E-state index < -0.39 is 16.8 Å². The van der Waals surface area contributed by atoms with Gasteiger partial charge in [-0.3, -0.25) is 0 Å². The predicted octanol–water partition coefficient (Wildman–Crippen LogP) is 0.922. The van der Waals surface area contributed by atoms with Crippen molar-refractivity contribution in [1.29, 1.82) is 0 Å². The van der Waals surface area contributed by atoms with Gasteiger partial charge in [0.2, 0.25) is 6.33 Å². The number of hydrogen-bond donors (Lipinski definition) is 1. The Morgan fingerprint density at radius 1 is 1.50 bits per heavy atom. The Morgan fingerprint density at radius 3 is 2.78 bits per heavy atom. The van der Waals surface area contributed by atoms with Crippen LogP contribution in [0.4, 0.5) is 5.95 Å².